The number of allylic oxidation sites excluding steroid dienone is 2. The lowest BCUT2D eigenvalue weighted by atomic mass is 9.72. The highest BCUT2D eigenvalue weighted by molar-refractivity contribution is 5.80. The fraction of sp³-hybridized carbons (Fsp3) is 0.750. The minimum atomic E-state index is 0.427. The van der Waals surface area contributed by atoms with E-state index in [0.717, 1.165) is 58.2 Å². The summed E-state index contributed by atoms with van der Waals surface area (Å²) in [5.41, 5.74) is 6.66. The second-order valence-electron chi connectivity index (χ2n) is 12.6. The Morgan fingerprint density at radius 1 is 0.892 bits per heavy atom. The number of hydrogen-bond donors (Lipinski definition) is 0. The van der Waals surface area contributed by atoms with Crippen molar-refractivity contribution in [1.82, 2.24) is 4.90 Å². The van der Waals surface area contributed by atoms with Crippen molar-refractivity contribution in [3.05, 3.63) is 29.8 Å². The van der Waals surface area contributed by atoms with E-state index in [2.05, 4.69) is 39.0 Å². The molecule has 3 aliphatic heterocycles. The first kappa shape index (κ1) is 25.7. The van der Waals surface area contributed by atoms with E-state index in [4.69, 9.17) is 9.47 Å². The molecule has 204 valence electrons. The summed E-state index contributed by atoms with van der Waals surface area (Å²) >= 11 is 0. The highest BCUT2D eigenvalue weighted by Crippen LogP contribution is 2.50. The fourth-order valence-electron chi connectivity index (χ4n) is 7.84. The van der Waals surface area contributed by atoms with E-state index in [9.17, 15) is 0 Å². The highest BCUT2D eigenvalue weighted by Gasteiger charge is 2.35. The van der Waals surface area contributed by atoms with Crippen LogP contribution in [-0.4, -0.2) is 77.1 Å². The van der Waals surface area contributed by atoms with E-state index in [0.29, 0.717) is 11.5 Å². The Labute approximate surface area is 225 Å². The number of hydrogen-bond acceptors (Lipinski definition) is 5. The Bertz CT molecular complexity index is 918. The van der Waals surface area contributed by atoms with Gasteiger partial charge in [-0.15, -0.1) is 0 Å². The molecular formula is C32H49N3O2. The van der Waals surface area contributed by atoms with Crippen LogP contribution in [0.15, 0.2) is 24.3 Å². The smallest absolute Gasteiger partial charge is 0.0605 e. The minimum absolute atomic E-state index is 0.427. The highest BCUT2D eigenvalue weighted by atomic mass is 16.5. The monoisotopic (exact) mass is 507 g/mol. The molecule has 0 atom stereocenters. The summed E-state index contributed by atoms with van der Waals surface area (Å²) in [6, 6.07) is 7.42. The van der Waals surface area contributed by atoms with Gasteiger partial charge < -0.3 is 19.3 Å². The summed E-state index contributed by atoms with van der Waals surface area (Å²) in [6.45, 7) is 10.0. The summed E-state index contributed by atoms with van der Waals surface area (Å²) < 4.78 is 11.2. The predicted octanol–water partition coefficient (Wildman–Crippen LogP) is 5.98. The second kappa shape index (κ2) is 11.7. The lowest BCUT2D eigenvalue weighted by molar-refractivity contribution is 0.0517. The molecule has 5 heteroatoms. The van der Waals surface area contributed by atoms with Crippen LogP contribution in [0.5, 0.6) is 0 Å². The van der Waals surface area contributed by atoms with E-state index >= 15 is 0 Å². The number of piperazine rings is 1. The standard InChI is InChI=1S/C32H49N3O2/c1-36-29-8-16-34(17-9-29)28-4-5-31(30(24-28)27-6-14-32(15-7-27)12-2-3-13-32)35-20-18-33(19-21-35)25-26-10-22-37-23-11-26/h4-6,24,26,29H,2-3,7-23,25H2,1H3. The van der Waals surface area contributed by atoms with Crippen molar-refractivity contribution in [2.75, 3.05) is 75.9 Å². The number of ether oxygens (including phenoxy) is 2. The summed E-state index contributed by atoms with van der Waals surface area (Å²) in [5.74, 6) is 0.827. The third-order valence-electron chi connectivity index (χ3n) is 10.4. The first-order chi connectivity index (χ1) is 18.2. The molecule has 4 fully saturated rings. The van der Waals surface area contributed by atoms with E-state index in [1.807, 2.05) is 7.11 Å². The van der Waals surface area contributed by atoms with Crippen molar-refractivity contribution >= 4 is 16.9 Å². The maximum absolute atomic E-state index is 5.64. The van der Waals surface area contributed by atoms with Gasteiger partial charge in [0, 0.05) is 83.1 Å². The van der Waals surface area contributed by atoms with Gasteiger partial charge in [0.25, 0.3) is 0 Å². The fourth-order valence-corrected chi connectivity index (χ4v) is 7.84. The van der Waals surface area contributed by atoms with Crippen molar-refractivity contribution in [2.45, 2.75) is 76.7 Å². The molecule has 3 saturated heterocycles. The molecule has 1 aromatic carbocycles. The molecule has 1 aromatic rings. The van der Waals surface area contributed by atoms with Gasteiger partial charge in [-0.3, -0.25) is 4.90 Å². The number of nitrogens with zero attached hydrogens (tertiary/aromatic N) is 3. The topological polar surface area (TPSA) is 28.2 Å². The van der Waals surface area contributed by atoms with Crippen molar-refractivity contribution in [1.29, 1.82) is 0 Å². The normalized spacial score (nSPS) is 26.1. The molecule has 6 rings (SSSR count). The zero-order valence-electron chi connectivity index (χ0n) is 23.3. The molecule has 2 aliphatic carbocycles. The maximum atomic E-state index is 5.64. The molecular weight excluding hydrogens is 458 g/mol. The lowest BCUT2D eigenvalue weighted by Crippen LogP contribution is -2.48. The largest absolute Gasteiger partial charge is 0.381 e. The Morgan fingerprint density at radius 3 is 2.32 bits per heavy atom. The first-order valence-electron chi connectivity index (χ1n) is 15.4. The molecule has 0 aromatic heterocycles. The zero-order chi connectivity index (χ0) is 25.1. The molecule has 1 saturated carbocycles. The van der Waals surface area contributed by atoms with Gasteiger partial charge in [0.2, 0.25) is 0 Å². The van der Waals surface area contributed by atoms with Crippen LogP contribution in [0, 0.1) is 11.3 Å². The van der Waals surface area contributed by atoms with Gasteiger partial charge in [0.1, 0.15) is 0 Å². The minimum Gasteiger partial charge on any atom is -0.381 e. The van der Waals surface area contributed by atoms with Crippen LogP contribution in [0.3, 0.4) is 0 Å². The molecule has 5 aliphatic rings. The number of rotatable bonds is 6. The van der Waals surface area contributed by atoms with Gasteiger partial charge in [0.05, 0.1) is 6.10 Å². The van der Waals surface area contributed by atoms with Crippen LogP contribution >= 0.6 is 0 Å². The van der Waals surface area contributed by atoms with Gasteiger partial charge in [-0.1, -0.05) is 18.9 Å². The predicted molar refractivity (Wildman–Crippen MR) is 154 cm³/mol. The maximum Gasteiger partial charge on any atom is 0.0605 e. The van der Waals surface area contributed by atoms with Crippen molar-refractivity contribution in [2.24, 2.45) is 11.3 Å². The quantitative estimate of drug-likeness (QED) is 0.472. The van der Waals surface area contributed by atoms with Crippen LogP contribution in [0.4, 0.5) is 11.4 Å². The molecule has 0 amide bonds. The summed E-state index contributed by atoms with van der Waals surface area (Å²) in [6.07, 6.45) is 17.6. The van der Waals surface area contributed by atoms with Crippen molar-refractivity contribution in [3.8, 4) is 0 Å². The van der Waals surface area contributed by atoms with E-state index in [-0.39, 0.29) is 0 Å². The average Bonchev–Trinajstić information content (AvgIpc) is 3.42. The third kappa shape index (κ3) is 5.89. The molecule has 0 unspecified atom stereocenters. The molecule has 0 N–H and O–H groups in total. The number of benzene rings is 1. The molecule has 3 heterocycles. The number of anilines is 2. The van der Waals surface area contributed by atoms with E-state index < -0.39 is 0 Å². The average molecular weight is 508 g/mol. The summed E-state index contributed by atoms with van der Waals surface area (Å²) in [5, 5.41) is 0. The van der Waals surface area contributed by atoms with Crippen LogP contribution in [0.1, 0.15) is 76.2 Å². The van der Waals surface area contributed by atoms with Crippen molar-refractivity contribution in [3.63, 3.8) is 0 Å². The lowest BCUT2D eigenvalue weighted by Gasteiger charge is -2.40. The third-order valence-corrected chi connectivity index (χ3v) is 10.4. The molecule has 5 nitrogen and oxygen atoms in total. The van der Waals surface area contributed by atoms with Gasteiger partial charge in [-0.05, 0) is 92.9 Å². The van der Waals surface area contributed by atoms with E-state index in [1.165, 1.54) is 94.4 Å². The van der Waals surface area contributed by atoms with Crippen LogP contribution in [-0.2, 0) is 9.47 Å². The molecule has 0 bridgehead atoms. The van der Waals surface area contributed by atoms with Gasteiger partial charge >= 0.3 is 0 Å². The Kier molecular flexibility index (Phi) is 8.11. The Balaban J connectivity index is 1.19. The Hall–Kier alpha value is -1.56. The number of piperidine rings is 1. The van der Waals surface area contributed by atoms with Crippen LogP contribution in [0.25, 0.3) is 5.57 Å². The Morgan fingerprint density at radius 2 is 1.65 bits per heavy atom. The van der Waals surface area contributed by atoms with Crippen LogP contribution < -0.4 is 9.80 Å². The second-order valence-corrected chi connectivity index (χ2v) is 12.6. The van der Waals surface area contributed by atoms with E-state index in [1.54, 1.807) is 5.57 Å². The SMILES string of the molecule is COC1CCN(c2ccc(N3CCN(CC4CCOCC4)CC3)c(C3=CCC4(CCCC4)CC3)c2)CC1. The van der Waals surface area contributed by atoms with Gasteiger partial charge in [-0.25, -0.2) is 0 Å². The van der Waals surface area contributed by atoms with Crippen molar-refractivity contribution < 1.29 is 9.47 Å². The first-order valence-corrected chi connectivity index (χ1v) is 15.4. The zero-order valence-corrected chi connectivity index (χ0v) is 23.3. The number of methoxy groups -OCH3 is 1. The molecule has 37 heavy (non-hydrogen) atoms. The van der Waals surface area contributed by atoms with Crippen LogP contribution in [0.2, 0.25) is 0 Å². The summed E-state index contributed by atoms with van der Waals surface area (Å²) in [7, 11) is 1.86. The molecule has 1 spiro atoms. The molecule has 0 radical (unpaired) electrons. The summed E-state index contributed by atoms with van der Waals surface area (Å²) in [4.78, 5) is 8.00. The van der Waals surface area contributed by atoms with Gasteiger partial charge in [-0.2, -0.15) is 0 Å². The van der Waals surface area contributed by atoms with Gasteiger partial charge in [0.15, 0.2) is 0 Å².